The molecule has 0 spiro atoms. The third kappa shape index (κ3) is 6.99. The molecule has 0 heterocycles. The van der Waals surface area contributed by atoms with Gasteiger partial charge in [0.05, 0.1) is 18.3 Å². The minimum Gasteiger partial charge on any atom is -0.393 e. The number of fused-ring (bicyclic) bond motifs is 1. The Kier molecular flexibility index (Phi) is 10.4. The van der Waals surface area contributed by atoms with Crippen LogP contribution in [0.1, 0.15) is 130 Å². The van der Waals surface area contributed by atoms with Crippen LogP contribution in [0.15, 0.2) is 35.5 Å². The van der Waals surface area contributed by atoms with Crippen molar-refractivity contribution in [2.24, 2.45) is 28.6 Å². The smallest absolute Gasteiger partial charge is 0.139 e. The molecule has 7 atom stereocenters. The average molecular weight is 541 g/mol. The molecule has 4 nitrogen and oxygen atoms in total. The Labute approximate surface area is 238 Å². The van der Waals surface area contributed by atoms with Crippen molar-refractivity contribution in [2.75, 3.05) is 0 Å². The van der Waals surface area contributed by atoms with Gasteiger partial charge in [-0.25, -0.2) is 0 Å². The largest absolute Gasteiger partial charge is 0.393 e. The fourth-order valence-corrected chi connectivity index (χ4v) is 8.59. The van der Waals surface area contributed by atoms with Crippen molar-refractivity contribution < 1.29 is 20.1 Å². The standard InChI is InChI=1S/C35H56O4/c1-5-6-7-8-13-33(39)35(20-21-35)19-10-12-31(37)25(3)29-16-17-30-26(11-9-18-34(29,30)4)14-15-27-22-28(36)23-32(38)24(27)2/h14-15,25,28-32,36-38H,2,5-13,16-23H2,1,3-4H3/b26-14+,27-15-/t25-,28+,29+,30-,31-,32-,34+/m0/s1. The zero-order valence-electron chi connectivity index (χ0n) is 25.1. The van der Waals surface area contributed by atoms with Crippen LogP contribution in [-0.4, -0.2) is 39.4 Å². The fourth-order valence-electron chi connectivity index (χ4n) is 8.59. The number of hydrogen-bond donors (Lipinski definition) is 3. The van der Waals surface area contributed by atoms with E-state index in [4.69, 9.17) is 0 Å². The zero-order chi connectivity index (χ0) is 28.2. The number of unbranched alkanes of at least 4 members (excludes halogenated alkanes) is 3. The first kappa shape index (κ1) is 30.7. The quantitative estimate of drug-likeness (QED) is 0.210. The highest BCUT2D eigenvalue weighted by atomic mass is 16.3. The summed E-state index contributed by atoms with van der Waals surface area (Å²) in [6.07, 6.45) is 20.0. The molecule has 4 rings (SSSR count). The van der Waals surface area contributed by atoms with Crippen molar-refractivity contribution >= 4 is 5.78 Å². The van der Waals surface area contributed by atoms with E-state index in [0.29, 0.717) is 30.5 Å². The number of rotatable bonds is 13. The Hall–Kier alpha value is -1.23. The molecule has 0 aromatic carbocycles. The summed E-state index contributed by atoms with van der Waals surface area (Å²) < 4.78 is 0. The molecule has 0 amide bonds. The predicted octanol–water partition coefficient (Wildman–Crippen LogP) is 7.61. The monoisotopic (exact) mass is 540 g/mol. The number of allylic oxidation sites excluding steroid dienone is 3. The fraction of sp³-hybridized carbons (Fsp3) is 0.800. The Balaban J connectivity index is 1.32. The van der Waals surface area contributed by atoms with Gasteiger partial charge < -0.3 is 15.3 Å². The van der Waals surface area contributed by atoms with Gasteiger partial charge in [0, 0.05) is 18.3 Å². The second kappa shape index (κ2) is 13.2. The first-order valence-electron chi connectivity index (χ1n) is 16.3. The highest BCUT2D eigenvalue weighted by Gasteiger charge is 2.52. The normalized spacial score (nSPS) is 35.7. The number of aliphatic hydroxyl groups is 3. The van der Waals surface area contributed by atoms with Crippen molar-refractivity contribution in [2.45, 2.75) is 148 Å². The van der Waals surface area contributed by atoms with Crippen molar-refractivity contribution in [3.8, 4) is 0 Å². The van der Waals surface area contributed by atoms with Gasteiger partial charge in [-0.2, -0.15) is 0 Å². The highest BCUT2D eigenvalue weighted by molar-refractivity contribution is 5.87. The molecule has 4 saturated carbocycles. The van der Waals surface area contributed by atoms with Crippen LogP contribution in [0.5, 0.6) is 0 Å². The van der Waals surface area contributed by atoms with E-state index >= 15 is 0 Å². The summed E-state index contributed by atoms with van der Waals surface area (Å²) in [5.41, 5.74) is 3.39. The van der Waals surface area contributed by atoms with E-state index in [1.807, 2.05) is 0 Å². The molecule has 0 aromatic rings. The average Bonchev–Trinajstić information content (AvgIpc) is 3.61. The summed E-state index contributed by atoms with van der Waals surface area (Å²) in [4.78, 5) is 12.8. The molecule has 0 radical (unpaired) electrons. The zero-order valence-corrected chi connectivity index (χ0v) is 25.1. The van der Waals surface area contributed by atoms with Gasteiger partial charge in [0.2, 0.25) is 0 Å². The van der Waals surface area contributed by atoms with Crippen LogP contribution in [0.2, 0.25) is 0 Å². The maximum absolute atomic E-state index is 12.8. The van der Waals surface area contributed by atoms with E-state index in [2.05, 4.69) is 39.5 Å². The highest BCUT2D eigenvalue weighted by Crippen LogP contribution is 2.60. The van der Waals surface area contributed by atoms with Gasteiger partial charge >= 0.3 is 0 Å². The lowest BCUT2D eigenvalue weighted by Crippen LogP contribution is -2.39. The Morgan fingerprint density at radius 1 is 1.10 bits per heavy atom. The first-order chi connectivity index (χ1) is 18.6. The summed E-state index contributed by atoms with van der Waals surface area (Å²) in [7, 11) is 0. The lowest BCUT2D eigenvalue weighted by molar-refractivity contribution is -0.124. The molecule has 0 aromatic heterocycles. The maximum atomic E-state index is 12.8. The molecule has 4 aliphatic carbocycles. The van der Waals surface area contributed by atoms with Crippen LogP contribution >= 0.6 is 0 Å². The van der Waals surface area contributed by atoms with Crippen LogP contribution in [0.4, 0.5) is 0 Å². The molecule has 0 saturated heterocycles. The number of Topliss-reactive ketones (excluding diaryl/α,β-unsaturated/α-hetero) is 1. The SMILES string of the molecule is C=C1/C(=C\C=C2/CCC[C@]3(C)[C@@H]([C@H](C)[C@@H](O)CCCC4(C(=O)CCCCCC)CC4)CC[C@@H]23)C[C@@H](O)C[C@@H]1O. The van der Waals surface area contributed by atoms with E-state index in [9.17, 15) is 20.1 Å². The van der Waals surface area contributed by atoms with Crippen molar-refractivity contribution in [3.63, 3.8) is 0 Å². The van der Waals surface area contributed by atoms with Crippen molar-refractivity contribution in [3.05, 3.63) is 35.5 Å². The van der Waals surface area contributed by atoms with Gasteiger partial charge in [-0.15, -0.1) is 0 Å². The number of aliphatic hydroxyl groups excluding tert-OH is 3. The Morgan fingerprint density at radius 3 is 2.59 bits per heavy atom. The molecular formula is C35H56O4. The van der Waals surface area contributed by atoms with E-state index in [1.165, 1.54) is 44.1 Å². The van der Waals surface area contributed by atoms with Gasteiger partial charge in [-0.3, -0.25) is 4.79 Å². The minimum atomic E-state index is -0.646. The second-order valence-electron chi connectivity index (χ2n) is 14.0. The van der Waals surface area contributed by atoms with Crippen LogP contribution in [0.3, 0.4) is 0 Å². The van der Waals surface area contributed by atoms with Gasteiger partial charge in [-0.05, 0) is 111 Å². The first-order valence-corrected chi connectivity index (χ1v) is 16.3. The van der Waals surface area contributed by atoms with Gasteiger partial charge in [-0.1, -0.05) is 64.3 Å². The minimum absolute atomic E-state index is 0.0487. The summed E-state index contributed by atoms with van der Waals surface area (Å²) in [6, 6.07) is 0. The van der Waals surface area contributed by atoms with E-state index in [0.717, 1.165) is 68.9 Å². The predicted molar refractivity (Wildman–Crippen MR) is 159 cm³/mol. The molecule has 0 bridgehead atoms. The van der Waals surface area contributed by atoms with Crippen LogP contribution < -0.4 is 0 Å². The second-order valence-corrected chi connectivity index (χ2v) is 14.0. The lowest BCUT2D eigenvalue weighted by atomic mass is 9.60. The van der Waals surface area contributed by atoms with E-state index in [1.54, 1.807) is 0 Å². The van der Waals surface area contributed by atoms with Gasteiger partial charge in [0.15, 0.2) is 0 Å². The van der Waals surface area contributed by atoms with Crippen molar-refractivity contribution in [1.29, 1.82) is 0 Å². The molecule has 0 unspecified atom stereocenters. The molecule has 39 heavy (non-hydrogen) atoms. The summed E-state index contributed by atoms with van der Waals surface area (Å²) in [6.45, 7) is 11.0. The van der Waals surface area contributed by atoms with Gasteiger partial charge in [0.25, 0.3) is 0 Å². The van der Waals surface area contributed by atoms with E-state index in [-0.39, 0.29) is 22.9 Å². The van der Waals surface area contributed by atoms with Gasteiger partial charge in [0.1, 0.15) is 5.78 Å². The number of hydrogen-bond acceptors (Lipinski definition) is 4. The van der Waals surface area contributed by atoms with E-state index < -0.39 is 12.2 Å². The molecule has 220 valence electrons. The van der Waals surface area contributed by atoms with Crippen LogP contribution in [0, 0.1) is 28.6 Å². The molecule has 4 heteroatoms. The van der Waals surface area contributed by atoms with Crippen molar-refractivity contribution in [1.82, 2.24) is 0 Å². The van der Waals surface area contributed by atoms with Crippen LogP contribution in [-0.2, 0) is 4.79 Å². The summed E-state index contributed by atoms with van der Waals surface area (Å²) >= 11 is 0. The topological polar surface area (TPSA) is 77.8 Å². The molecule has 0 aliphatic heterocycles. The molecule has 3 N–H and O–H groups in total. The Bertz CT molecular complexity index is 927. The molecule has 4 aliphatic rings. The third-order valence-electron chi connectivity index (χ3n) is 11.4. The molecule has 4 fully saturated rings. The molecular weight excluding hydrogens is 484 g/mol. The summed E-state index contributed by atoms with van der Waals surface area (Å²) in [5, 5.41) is 31.6. The maximum Gasteiger partial charge on any atom is 0.139 e. The number of carbonyl (C=O) groups is 1. The summed E-state index contributed by atoms with van der Waals surface area (Å²) in [5.74, 6) is 1.80. The number of ketones is 1. The lowest BCUT2D eigenvalue weighted by Gasteiger charge is -2.45. The third-order valence-corrected chi connectivity index (χ3v) is 11.4. The number of carbonyl (C=O) groups excluding carboxylic acids is 1. The van der Waals surface area contributed by atoms with Crippen LogP contribution in [0.25, 0.3) is 0 Å². The Morgan fingerprint density at radius 2 is 1.87 bits per heavy atom.